The zero-order valence-corrected chi connectivity index (χ0v) is 12.4. The molecule has 22 heavy (non-hydrogen) atoms. The van der Waals surface area contributed by atoms with Crippen LogP contribution in [0.5, 0.6) is 0 Å². The Bertz CT molecular complexity index is 411. The van der Waals surface area contributed by atoms with E-state index in [1.165, 1.54) is 7.11 Å². The molecule has 0 spiro atoms. The molecule has 1 aliphatic rings. The van der Waals surface area contributed by atoms with Gasteiger partial charge in [-0.3, -0.25) is 0 Å². The molecule has 1 fully saturated rings. The van der Waals surface area contributed by atoms with E-state index in [0.717, 1.165) is 0 Å². The number of aliphatic hydroxyl groups excluding tert-OH is 1. The highest BCUT2D eigenvalue weighted by Crippen LogP contribution is 2.28. The molecule has 0 aliphatic carbocycles. The average molecular weight is 308 g/mol. The molecule has 1 heterocycles. The number of aliphatic hydroxyl groups is 1. The minimum absolute atomic E-state index is 0.0277. The van der Waals surface area contributed by atoms with E-state index >= 15 is 0 Å². The highest BCUT2D eigenvalue weighted by atomic mass is 16.7. The van der Waals surface area contributed by atoms with Crippen molar-refractivity contribution in [2.75, 3.05) is 33.5 Å². The molecule has 1 aliphatic heterocycles. The fourth-order valence-corrected chi connectivity index (χ4v) is 2.22. The van der Waals surface area contributed by atoms with Crippen molar-refractivity contribution < 1.29 is 28.8 Å². The maximum absolute atomic E-state index is 9.50. The fraction of sp³-hybridized carbons (Fsp3) is 0.625. The molecule has 0 aromatic carbocycles. The summed E-state index contributed by atoms with van der Waals surface area (Å²) in [4.78, 5) is 0. The number of rotatable bonds is 8. The first-order valence-corrected chi connectivity index (χ1v) is 6.67. The Balaban J connectivity index is 2.99. The third kappa shape index (κ3) is 4.73. The van der Waals surface area contributed by atoms with E-state index in [1.54, 1.807) is 0 Å². The van der Waals surface area contributed by atoms with Crippen molar-refractivity contribution in [2.45, 2.75) is 30.7 Å². The predicted octanol–water partition coefficient (Wildman–Crippen LogP) is -0.595. The van der Waals surface area contributed by atoms with Crippen molar-refractivity contribution >= 4 is 0 Å². The topological polar surface area (TPSA) is 66.4 Å². The Morgan fingerprint density at radius 2 is 1.41 bits per heavy atom. The number of methoxy groups -OCH3 is 1. The van der Waals surface area contributed by atoms with Crippen molar-refractivity contribution in [3.8, 4) is 37.0 Å². The summed E-state index contributed by atoms with van der Waals surface area (Å²) in [5.41, 5.74) is 0. The normalized spacial score (nSPS) is 31.0. The van der Waals surface area contributed by atoms with E-state index in [2.05, 4.69) is 17.8 Å². The highest BCUT2D eigenvalue weighted by molar-refractivity contribution is 4.97. The van der Waals surface area contributed by atoms with Crippen LogP contribution in [0.25, 0.3) is 0 Å². The Hall–Kier alpha value is -1.56. The molecule has 0 unspecified atom stereocenters. The minimum atomic E-state index is -0.779. The van der Waals surface area contributed by atoms with Gasteiger partial charge in [0.1, 0.15) is 44.2 Å². The van der Waals surface area contributed by atoms with Crippen molar-refractivity contribution in [1.29, 1.82) is 0 Å². The molecule has 0 aromatic heterocycles. The van der Waals surface area contributed by atoms with Gasteiger partial charge in [0.15, 0.2) is 6.29 Å². The van der Waals surface area contributed by atoms with Gasteiger partial charge in [-0.1, -0.05) is 17.8 Å². The Labute approximate surface area is 131 Å². The summed E-state index contributed by atoms with van der Waals surface area (Å²) < 4.78 is 27.6. The minimum Gasteiger partial charge on any atom is -0.394 e. The lowest BCUT2D eigenvalue weighted by atomic mass is 9.98. The van der Waals surface area contributed by atoms with Gasteiger partial charge in [0.2, 0.25) is 0 Å². The van der Waals surface area contributed by atoms with Gasteiger partial charge >= 0.3 is 0 Å². The fourth-order valence-electron chi connectivity index (χ4n) is 2.22. The summed E-state index contributed by atoms with van der Waals surface area (Å²) in [5, 5.41) is 9.50. The second-order valence-corrected chi connectivity index (χ2v) is 4.40. The summed E-state index contributed by atoms with van der Waals surface area (Å²) in [5.74, 6) is 7.10. The Kier molecular flexibility index (Phi) is 8.58. The third-order valence-corrected chi connectivity index (χ3v) is 3.08. The van der Waals surface area contributed by atoms with Crippen LogP contribution in [-0.4, -0.2) is 69.3 Å². The summed E-state index contributed by atoms with van der Waals surface area (Å²) >= 11 is 0. The second kappa shape index (κ2) is 10.2. The van der Waals surface area contributed by atoms with Crippen LogP contribution in [0.4, 0.5) is 0 Å². The molecule has 0 radical (unpaired) electrons. The molecule has 1 rings (SSSR count). The van der Waals surface area contributed by atoms with Gasteiger partial charge in [0, 0.05) is 7.11 Å². The van der Waals surface area contributed by atoms with Crippen LogP contribution in [0.15, 0.2) is 0 Å². The predicted molar refractivity (Wildman–Crippen MR) is 78.5 cm³/mol. The van der Waals surface area contributed by atoms with Crippen LogP contribution in [0.2, 0.25) is 0 Å². The van der Waals surface area contributed by atoms with Gasteiger partial charge < -0.3 is 28.8 Å². The van der Waals surface area contributed by atoms with Crippen LogP contribution >= 0.6 is 0 Å². The van der Waals surface area contributed by atoms with Crippen molar-refractivity contribution in [1.82, 2.24) is 0 Å². The molecule has 0 bridgehead atoms. The Morgan fingerprint density at radius 1 is 0.909 bits per heavy atom. The molecule has 0 amide bonds. The molecule has 6 nitrogen and oxygen atoms in total. The van der Waals surface area contributed by atoms with E-state index in [1.807, 2.05) is 0 Å². The molecule has 0 saturated carbocycles. The van der Waals surface area contributed by atoms with Crippen molar-refractivity contribution in [2.24, 2.45) is 0 Å². The standard InChI is InChI=1S/C16H20O6/c1-5-8-19-13-12(11-17)22-16(18-4)15(21-10-7-3)14(13)20-9-6-2/h1-3,12-17H,8-11H2,4H3/t12-,13-,14+,15-,16+/m1/s1. The SMILES string of the molecule is C#CCO[C@@H]1[C@@H](OCC#C)[C@@H](OC)O[C@H](CO)[C@H]1OCC#C. The summed E-state index contributed by atoms with van der Waals surface area (Å²) in [6.45, 7) is -0.201. The molecule has 0 aromatic rings. The van der Waals surface area contributed by atoms with Gasteiger partial charge in [-0.2, -0.15) is 0 Å². The van der Waals surface area contributed by atoms with Crippen LogP contribution in [0.1, 0.15) is 0 Å². The van der Waals surface area contributed by atoms with Crippen molar-refractivity contribution in [3.05, 3.63) is 0 Å². The van der Waals surface area contributed by atoms with E-state index in [0.29, 0.717) is 0 Å². The van der Waals surface area contributed by atoms with Crippen LogP contribution in [0.3, 0.4) is 0 Å². The maximum Gasteiger partial charge on any atom is 0.186 e. The summed E-state index contributed by atoms with van der Waals surface area (Å²) in [6, 6.07) is 0. The molecule has 1 N–H and O–H groups in total. The summed E-state index contributed by atoms with van der Waals surface area (Å²) in [6.07, 6.45) is 12.2. The number of hydrogen-bond donors (Lipinski definition) is 1. The van der Waals surface area contributed by atoms with Crippen LogP contribution < -0.4 is 0 Å². The average Bonchev–Trinajstić information content (AvgIpc) is 2.55. The third-order valence-electron chi connectivity index (χ3n) is 3.08. The van der Waals surface area contributed by atoms with Gasteiger partial charge in [0.05, 0.1) is 6.61 Å². The molecule has 5 atom stereocenters. The van der Waals surface area contributed by atoms with Crippen LogP contribution in [0, 0.1) is 37.0 Å². The molecule has 6 heteroatoms. The molecule has 1 saturated heterocycles. The lowest BCUT2D eigenvalue weighted by Crippen LogP contribution is -2.61. The van der Waals surface area contributed by atoms with E-state index < -0.39 is 30.7 Å². The number of terminal acetylenes is 3. The molecule has 120 valence electrons. The number of ether oxygens (including phenoxy) is 5. The highest BCUT2D eigenvalue weighted by Gasteiger charge is 2.48. The van der Waals surface area contributed by atoms with Gasteiger partial charge in [-0.15, -0.1) is 19.3 Å². The van der Waals surface area contributed by atoms with Crippen LogP contribution in [-0.2, 0) is 23.7 Å². The largest absolute Gasteiger partial charge is 0.394 e. The first kappa shape index (κ1) is 18.5. The zero-order chi connectivity index (χ0) is 16.4. The van der Waals surface area contributed by atoms with Gasteiger partial charge in [-0.25, -0.2) is 0 Å². The van der Waals surface area contributed by atoms with Gasteiger partial charge in [0.25, 0.3) is 0 Å². The van der Waals surface area contributed by atoms with E-state index in [9.17, 15) is 5.11 Å². The summed E-state index contributed by atoms with van der Waals surface area (Å²) in [7, 11) is 1.45. The Morgan fingerprint density at radius 3 is 1.86 bits per heavy atom. The van der Waals surface area contributed by atoms with Crippen molar-refractivity contribution in [3.63, 3.8) is 0 Å². The quantitative estimate of drug-likeness (QED) is 0.604. The maximum atomic E-state index is 9.50. The molecular weight excluding hydrogens is 288 g/mol. The lowest BCUT2D eigenvalue weighted by Gasteiger charge is -2.44. The van der Waals surface area contributed by atoms with E-state index in [-0.39, 0.29) is 26.4 Å². The lowest BCUT2D eigenvalue weighted by molar-refractivity contribution is -0.312. The molecular formula is C16H20O6. The van der Waals surface area contributed by atoms with Gasteiger partial charge in [-0.05, 0) is 0 Å². The monoisotopic (exact) mass is 308 g/mol. The second-order valence-electron chi connectivity index (χ2n) is 4.40. The van der Waals surface area contributed by atoms with E-state index in [4.69, 9.17) is 43.0 Å². The number of hydrogen-bond acceptors (Lipinski definition) is 6. The first-order valence-electron chi connectivity index (χ1n) is 6.67. The zero-order valence-electron chi connectivity index (χ0n) is 12.4. The first-order chi connectivity index (χ1) is 10.7. The smallest absolute Gasteiger partial charge is 0.186 e.